The highest BCUT2D eigenvalue weighted by molar-refractivity contribution is 6.30. The Hall–Kier alpha value is -4.17. The smallest absolute Gasteiger partial charge is 0.255 e. The van der Waals surface area contributed by atoms with Gasteiger partial charge in [-0.15, -0.1) is 0 Å². The van der Waals surface area contributed by atoms with Crippen molar-refractivity contribution >= 4 is 34.7 Å². The molecule has 0 saturated heterocycles. The van der Waals surface area contributed by atoms with E-state index in [0.29, 0.717) is 46.2 Å². The number of pyridine rings is 2. The number of nitrogens with zero attached hydrogens (tertiary/aromatic N) is 2. The quantitative estimate of drug-likeness (QED) is 0.250. The Labute approximate surface area is 206 Å². The van der Waals surface area contributed by atoms with Crippen molar-refractivity contribution in [1.29, 1.82) is 0 Å². The van der Waals surface area contributed by atoms with Gasteiger partial charge in [-0.05, 0) is 66.6 Å². The monoisotopic (exact) mass is 491 g/mol. The number of rotatable bonds is 8. The molecule has 2 aromatic carbocycles. The number of phenols is 1. The molecule has 0 saturated carbocycles. The number of carbonyl (C=O) groups is 1. The molecule has 0 unspecified atom stereocenters. The molecule has 4 aromatic rings. The molecule has 1 amide bonds. The number of alkyl halides is 1. The van der Waals surface area contributed by atoms with Crippen LogP contribution in [0.1, 0.15) is 21.5 Å². The number of phenolic OH excluding ortho intramolecular Hbond substituents is 1. The van der Waals surface area contributed by atoms with Crippen LogP contribution in [0.2, 0.25) is 5.02 Å². The maximum absolute atomic E-state index is 13.4. The summed E-state index contributed by atoms with van der Waals surface area (Å²) in [7, 11) is 0. The summed E-state index contributed by atoms with van der Waals surface area (Å²) in [5.41, 5.74) is 9.68. The lowest BCUT2D eigenvalue weighted by molar-refractivity contribution is 0.0954. The first kappa shape index (κ1) is 24.0. The normalized spacial score (nSPS) is 10.7. The maximum atomic E-state index is 13.4. The van der Waals surface area contributed by atoms with E-state index < -0.39 is 6.67 Å². The largest absolute Gasteiger partial charge is 0.507 e. The number of aromatic hydroxyl groups is 1. The molecular formula is C26H23ClFN5O2. The summed E-state index contributed by atoms with van der Waals surface area (Å²) in [5, 5.41) is 16.8. The van der Waals surface area contributed by atoms with Gasteiger partial charge in [-0.2, -0.15) is 0 Å². The van der Waals surface area contributed by atoms with Crippen LogP contribution in [0.15, 0.2) is 73.1 Å². The van der Waals surface area contributed by atoms with Crippen LogP contribution in [0.5, 0.6) is 5.75 Å². The predicted octanol–water partition coefficient (Wildman–Crippen LogP) is 5.27. The molecule has 2 heterocycles. The van der Waals surface area contributed by atoms with Crippen molar-refractivity contribution in [2.24, 2.45) is 0 Å². The molecule has 9 heteroatoms. The lowest BCUT2D eigenvalue weighted by Gasteiger charge is -2.13. The van der Waals surface area contributed by atoms with E-state index in [2.05, 4.69) is 20.6 Å². The summed E-state index contributed by atoms with van der Waals surface area (Å²) in [6.07, 6.45) is 4.08. The van der Waals surface area contributed by atoms with Crippen molar-refractivity contribution in [3.8, 4) is 17.0 Å². The highest BCUT2D eigenvalue weighted by atomic mass is 35.5. The van der Waals surface area contributed by atoms with Crippen LogP contribution in [0.3, 0.4) is 0 Å². The third kappa shape index (κ3) is 5.85. The van der Waals surface area contributed by atoms with E-state index in [9.17, 15) is 14.3 Å². The topological polar surface area (TPSA) is 113 Å². The minimum absolute atomic E-state index is 0.0158. The maximum Gasteiger partial charge on any atom is 0.255 e. The molecule has 5 N–H and O–H groups in total. The van der Waals surface area contributed by atoms with E-state index in [1.165, 1.54) is 6.07 Å². The van der Waals surface area contributed by atoms with E-state index in [1.807, 2.05) is 12.1 Å². The van der Waals surface area contributed by atoms with Crippen LogP contribution in [0.4, 0.5) is 21.6 Å². The van der Waals surface area contributed by atoms with Crippen molar-refractivity contribution in [2.45, 2.75) is 13.1 Å². The number of aromatic nitrogens is 2. The van der Waals surface area contributed by atoms with E-state index in [0.717, 1.165) is 5.56 Å². The summed E-state index contributed by atoms with van der Waals surface area (Å²) in [4.78, 5) is 20.9. The minimum atomic E-state index is -0.683. The number of nitrogen functional groups attached to an aromatic ring is 1. The number of hydrogen-bond acceptors (Lipinski definition) is 6. The number of carbonyl (C=O) groups excluding carboxylic acids is 1. The average Bonchev–Trinajstić information content (AvgIpc) is 2.86. The van der Waals surface area contributed by atoms with E-state index in [4.69, 9.17) is 17.3 Å². The number of nitrogens with one attached hydrogen (secondary N) is 2. The predicted molar refractivity (Wildman–Crippen MR) is 136 cm³/mol. The third-order valence-corrected chi connectivity index (χ3v) is 5.59. The molecule has 0 spiro atoms. The fourth-order valence-electron chi connectivity index (χ4n) is 3.55. The summed E-state index contributed by atoms with van der Waals surface area (Å²) < 4.78 is 13.4. The molecular weight excluding hydrogens is 469 g/mol. The van der Waals surface area contributed by atoms with E-state index >= 15 is 0 Å². The first-order chi connectivity index (χ1) is 16.9. The molecule has 35 heavy (non-hydrogen) atoms. The van der Waals surface area contributed by atoms with E-state index in [1.54, 1.807) is 54.9 Å². The summed E-state index contributed by atoms with van der Waals surface area (Å²) in [6, 6.07) is 16.7. The summed E-state index contributed by atoms with van der Waals surface area (Å²) >= 11 is 5.95. The molecule has 0 aliphatic carbocycles. The van der Waals surface area contributed by atoms with Crippen LogP contribution in [0, 0.1) is 0 Å². The van der Waals surface area contributed by atoms with Crippen molar-refractivity contribution in [2.75, 3.05) is 17.6 Å². The molecule has 0 atom stereocenters. The Morgan fingerprint density at radius 3 is 2.71 bits per heavy atom. The van der Waals surface area contributed by atoms with Gasteiger partial charge in [-0.3, -0.25) is 9.78 Å². The Morgan fingerprint density at radius 2 is 1.97 bits per heavy atom. The molecule has 0 aliphatic heterocycles. The minimum Gasteiger partial charge on any atom is -0.507 e. The second-order valence-electron chi connectivity index (χ2n) is 7.79. The molecule has 0 fully saturated rings. The summed E-state index contributed by atoms with van der Waals surface area (Å²) in [6.45, 7) is -0.260. The zero-order valence-corrected chi connectivity index (χ0v) is 19.4. The fourth-order valence-corrected chi connectivity index (χ4v) is 3.74. The Kier molecular flexibility index (Phi) is 7.42. The molecule has 2 aromatic heterocycles. The standard InChI is InChI=1S/C26H23ClFN5O2/c27-18-3-6-22(17(12-18)14-28)32-19-4-8-24(34)21(13-19)23-7-5-20(25(29)33-23)26(35)31-11-9-16-2-1-10-30-15-16/h1-8,10,12-13,15,32,34H,9,11,14H2,(H2,29,33)(H,31,35). The van der Waals surface area contributed by atoms with Crippen LogP contribution in [0.25, 0.3) is 11.3 Å². The zero-order valence-electron chi connectivity index (χ0n) is 18.6. The molecule has 0 aliphatic rings. The van der Waals surface area contributed by atoms with E-state index in [-0.39, 0.29) is 23.0 Å². The van der Waals surface area contributed by atoms with Crippen LogP contribution < -0.4 is 16.4 Å². The molecule has 0 radical (unpaired) electrons. The van der Waals surface area contributed by atoms with Gasteiger partial charge in [0.25, 0.3) is 5.91 Å². The van der Waals surface area contributed by atoms with Crippen LogP contribution in [-0.2, 0) is 13.1 Å². The number of nitrogens with two attached hydrogens (primary N) is 1. The molecule has 7 nitrogen and oxygen atoms in total. The summed E-state index contributed by atoms with van der Waals surface area (Å²) in [5.74, 6) is -0.318. The SMILES string of the molecule is Nc1nc(-c2cc(Nc3ccc(Cl)cc3CF)ccc2O)ccc1C(=O)NCCc1cccnc1. The number of benzene rings is 2. The van der Waals surface area contributed by atoms with Crippen molar-refractivity contribution in [3.05, 3.63) is 94.8 Å². The van der Waals surface area contributed by atoms with Gasteiger partial charge in [0, 0.05) is 46.5 Å². The van der Waals surface area contributed by atoms with Gasteiger partial charge in [0.05, 0.1) is 11.3 Å². The Balaban J connectivity index is 1.50. The second kappa shape index (κ2) is 10.8. The van der Waals surface area contributed by atoms with Gasteiger partial charge in [-0.25, -0.2) is 9.37 Å². The highest BCUT2D eigenvalue weighted by Gasteiger charge is 2.15. The lowest BCUT2D eigenvalue weighted by Crippen LogP contribution is -2.26. The van der Waals surface area contributed by atoms with Gasteiger partial charge in [0.15, 0.2) is 0 Å². The Bertz CT molecular complexity index is 1350. The first-order valence-corrected chi connectivity index (χ1v) is 11.2. The van der Waals surface area contributed by atoms with Gasteiger partial charge in [0.1, 0.15) is 18.2 Å². The van der Waals surface area contributed by atoms with Crippen molar-refractivity contribution in [1.82, 2.24) is 15.3 Å². The number of halogens is 2. The average molecular weight is 492 g/mol. The number of hydrogen-bond donors (Lipinski definition) is 4. The van der Waals surface area contributed by atoms with Crippen LogP contribution >= 0.6 is 11.6 Å². The zero-order chi connectivity index (χ0) is 24.8. The Morgan fingerprint density at radius 1 is 1.11 bits per heavy atom. The van der Waals surface area contributed by atoms with Gasteiger partial charge in [-0.1, -0.05) is 17.7 Å². The van der Waals surface area contributed by atoms with Crippen molar-refractivity contribution < 1.29 is 14.3 Å². The lowest BCUT2D eigenvalue weighted by atomic mass is 10.1. The highest BCUT2D eigenvalue weighted by Crippen LogP contribution is 2.33. The van der Waals surface area contributed by atoms with Crippen LogP contribution in [-0.4, -0.2) is 27.5 Å². The number of anilines is 3. The number of amides is 1. The molecule has 0 bridgehead atoms. The third-order valence-electron chi connectivity index (χ3n) is 5.35. The van der Waals surface area contributed by atoms with Gasteiger partial charge >= 0.3 is 0 Å². The second-order valence-corrected chi connectivity index (χ2v) is 8.22. The van der Waals surface area contributed by atoms with Gasteiger partial charge in [0.2, 0.25) is 0 Å². The molecule has 178 valence electrons. The first-order valence-electron chi connectivity index (χ1n) is 10.8. The molecule has 4 rings (SSSR count). The van der Waals surface area contributed by atoms with Gasteiger partial charge < -0.3 is 21.5 Å². The van der Waals surface area contributed by atoms with Crippen molar-refractivity contribution in [3.63, 3.8) is 0 Å². The fraction of sp³-hybridized carbons (Fsp3) is 0.115.